The molecule has 1 amide bonds. The second-order valence-electron chi connectivity index (χ2n) is 9.51. The van der Waals surface area contributed by atoms with Crippen LogP contribution in [0.2, 0.25) is 0 Å². The summed E-state index contributed by atoms with van der Waals surface area (Å²) in [5.41, 5.74) is 0.832. The van der Waals surface area contributed by atoms with Gasteiger partial charge in [-0.25, -0.2) is 0 Å². The summed E-state index contributed by atoms with van der Waals surface area (Å²) < 4.78 is 5.17. The normalized spacial score (nSPS) is 35.1. The van der Waals surface area contributed by atoms with Crippen molar-refractivity contribution in [3.63, 3.8) is 0 Å². The Bertz CT molecular complexity index is 668. The van der Waals surface area contributed by atoms with Crippen molar-refractivity contribution in [2.45, 2.75) is 38.1 Å². The minimum Gasteiger partial charge on any atom is -0.497 e. The number of methoxy groups -OCH3 is 1. The number of carbonyl (C=O) groups is 1. The summed E-state index contributed by atoms with van der Waals surface area (Å²) in [5.74, 6) is 4.89. The van der Waals surface area contributed by atoms with Crippen LogP contribution in [0.15, 0.2) is 24.3 Å². The van der Waals surface area contributed by atoms with Gasteiger partial charge in [0.15, 0.2) is 0 Å². The van der Waals surface area contributed by atoms with Crippen LogP contribution in [-0.2, 0) is 4.79 Å². The number of hydrogen-bond acceptors (Lipinski definition) is 4. The standard InChI is InChI=1S/C23H33N3O2/c1-28-21-4-2-20(3-5-21)24-22(27)15-25-6-8-26(9-7-25)23-18-11-16-10-17(13-18)14-19(23)12-16/h2-5,16-19,23H,6-15H2,1H3,(H,24,27). The highest BCUT2D eigenvalue weighted by Crippen LogP contribution is 2.55. The van der Waals surface area contributed by atoms with Crippen molar-refractivity contribution in [1.29, 1.82) is 0 Å². The Morgan fingerprint density at radius 2 is 1.57 bits per heavy atom. The highest BCUT2D eigenvalue weighted by atomic mass is 16.5. The summed E-state index contributed by atoms with van der Waals surface area (Å²) in [6, 6.07) is 8.36. The first-order chi connectivity index (χ1) is 13.7. The van der Waals surface area contributed by atoms with E-state index in [0.29, 0.717) is 6.54 Å². The fourth-order valence-electron chi connectivity index (χ4n) is 6.79. The molecule has 152 valence electrons. The smallest absolute Gasteiger partial charge is 0.238 e. The van der Waals surface area contributed by atoms with Crippen molar-refractivity contribution in [2.75, 3.05) is 45.2 Å². The Labute approximate surface area is 168 Å². The predicted octanol–water partition coefficient (Wildman–Crippen LogP) is 3.08. The molecule has 6 rings (SSSR count). The minimum absolute atomic E-state index is 0.0771. The molecule has 1 heterocycles. The molecule has 0 unspecified atom stereocenters. The molecule has 5 nitrogen and oxygen atoms in total. The van der Waals surface area contributed by atoms with Crippen LogP contribution in [0.4, 0.5) is 5.69 Å². The maximum atomic E-state index is 12.4. The lowest BCUT2D eigenvalue weighted by molar-refractivity contribution is -0.118. The first kappa shape index (κ1) is 18.4. The van der Waals surface area contributed by atoms with Crippen LogP contribution < -0.4 is 10.1 Å². The maximum absolute atomic E-state index is 12.4. The van der Waals surface area contributed by atoms with E-state index < -0.39 is 0 Å². The average molecular weight is 384 g/mol. The number of hydrogen-bond donors (Lipinski definition) is 1. The van der Waals surface area contributed by atoms with E-state index in [-0.39, 0.29) is 5.91 Å². The fraction of sp³-hybridized carbons (Fsp3) is 0.696. The van der Waals surface area contributed by atoms with Crippen LogP contribution in [0.1, 0.15) is 32.1 Å². The molecular weight excluding hydrogens is 350 g/mol. The van der Waals surface area contributed by atoms with E-state index in [1.165, 1.54) is 32.1 Å². The molecular formula is C23H33N3O2. The molecule has 0 atom stereocenters. The zero-order valence-electron chi connectivity index (χ0n) is 17.0. The summed E-state index contributed by atoms with van der Waals surface area (Å²) in [4.78, 5) is 17.5. The van der Waals surface area contributed by atoms with Gasteiger partial charge in [-0.2, -0.15) is 0 Å². The third-order valence-corrected chi connectivity index (χ3v) is 7.75. The second kappa shape index (κ2) is 7.68. The van der Waals surface area contributed by atoms with Crippen LogP contribution in [0.3, 0.4) is 0 Å². The molecule has 28 heavy (non-hydrogen) atoms. The molecule has 5 aliphatic rings. The van der Waals surface area contributed by atoms with Gasteiger partial charge >= 0.3 is 0 Å². The second-order valence-corrected chi connectivity index (χ2v) is 9.51. The number of nitrogens with zero attached hydrogens (tertiary/aromatic N) is 2. The molecule has 4 bridgehead atoms. The van der Waals surface area contributed by atoms with Crippen LogP contribution in [0.25, 0.3) is 0 Å². The van der Waals surface area contributed by atoms with Gasteiger partial charge in [-0.1, -0.05) is 0 Å². The van der Waals surface area contributed by atoms with Crippen molar-refractivity contribution in [2.24, 2.45) is 23.7 Å². The van der Waals surface area contributed by atoms with E-state index >= 15 is 0 Å². The van der Waals surface area contributed by atoms with E-state index in [2.05, 4.69) is 15.1 Å². The number of rotatable bonds is 5. The molecule has 1 aromatic rings. The van der Waals surface area contributed by atoms with E-state index in [4.69, 9.17) is 4.74 Å². The Morgan fingerprint density at radius 3 is 2.14 bits per heavy atom. The molecule has 0 radical (unpaired) electrons. The lowest BCUT2D eigenvalue weighted by atomic mass is 9.54. The van der Waals surface area contributed by atoms with Gasteiger partial charge in [-0.05, 0) is 80.0 Å². The van der Waals surface area contributed by atoms with Crippen LogP contribution in [0.5, 0.6) is 5.75 Å². The van der Waals surface area contributed by atoms with Crippen molar-refractivity contribution < 1.29 is 9.53 Å². The topological polar surface area (TPSA) is 44.8 Å². The van der Waals surface area contributed by atoms with E-state index in [9.17, 15) is 4.79 Å². The number of anilines is 1. The van der Waals surface area contributed by atoms with Crippen molar-refractivity contribution in [1.82, 2.24) is 9.80 Å². The monoisotopic (exact) mass is 383 g/mol. The Balaban J connectivity index is 1.11. The summed E-state index contributed by atoms with van der Waals surface area (Å²) >= 11 is 0. The largest absolute Gasteiger partial charge is 0.497 e. The zero-order chi connectivity index (χ0) is 19.1. The van der Waals surface area contributed by atoms with Crippen molar-refractivity contribution in [3.05, 3.63) is 24.3 Å². The summed E-state index contributed by atoms with van der Waals surface area (Å²) in [7, 11) is 1.65. The molecule has 1 saturated heterocycles. The van der Waals surface area contributed by atoms with Crippen LogP contribution in [-0.4, -0.2) is 61.6 Å². The number of benzene rings is 1. The first-order valence-corrected chi connectivity index (χ1v) is 11.1. The lowest BCUT2D eigenvalue weighted by Gasteiger charge is -2.58. The Morgan fingerprint density at radius 1 is 0.964 bits per heavy atom. The molecule has 0 spiro atoms. The number of amides is 1. The maximum Gasteiger partial charge on any atom is 0.238 e. The highest BCUT2D eigenvalue weighted by Gasteiger charge is 2.50. The predicted molar refractivity (Wildman–Crippen MR) is 110 cm³/mol. The van der Waals surface area contributed by atoms with Gasteiger partial charge in [0.25, 0.3) is 0 Å². The summed E-state index contributed by atoms with van der Waals surface area (Å²) in [6.45, 7) is 4.77. The van der Waals surface area contributed by atoms with Gasteiger partial charge in [0.05, 0.1) is 13.7 Å². The molecule has 5 heteroatoms. The van der Waals surface area contributed by atoms with Gasteiger partial charge in [0.2, 0.25) is 5.91 Å². The Hall–Kier alpha value is -1.59. The van der Waals surface area contributed by atoms with Crippen LogP contribution >= 0.6 is 0 Å². The molecule has 1 aliphatic heterocycles. The number of ether oxygens (including phenoxy) is 1. The number of piperazine rings is 1. The zero-order valence-corrected chi connectivity index (χ0v) is 17.0. The minimum atomic E-state index is 0.0771. The number of nitrogens with one attached hydrogen (secondary N) is 1. The van der Waals surface area contributed by atoms with Gasteiger partial charge in [-0.3, -0.25) is 14.6 Å². The SMILES string of the molecule is COc1ccc(NC(=O)CN2CCN(C3C4CC5CC(C4)CC3C5)CC2)cc1. The van der Waals surface area contributed by atoms with Gasteiger partial charge in [0, 0.05) is 37.9 Å². The molecule has 1 aromatic carbocycles. The molecule has 5 fully saturated rings. The molecule has 4 saturated carbocycles. The third kappa shape index (κ3) is 3.67. The van der Waals surface area contributed by atoms with E-state index in [0.717, 1.165) is 67.3 Å². The average Bonchev–Trinajstić information content (AvgIpc) is 2.69. The van der Waals surface area contributed by atoms with Gasteiger partial charge in [0.1, 0.15) is 5.75 Å². The summed E-state index contributed by atoms with van der Waals surface area (Å²) in [5, 5.41) is 3.01. The van der Waals surface area contributed by atoms with Crippen molar-refractivity contribution in [3.8, 4) is 5.75 Å². The fourth-order valence-corrected chi connectivity index (χ4v) is 6.79. The lowest BCUT2D eigenvalue weighted by Crippen LogP contribution is -2.60. The highest BCUT2D eigenvalue weighted by molar-refractivity contribution is 5.92. The third-order valence-electron chi connectivity index (χ3n) is 7.75. The van der Waals surface area contributed by atoms with Crippen molar-refractivity contribution >= 4 is 11.6 Å². The molecule has 4 aliphatic carbocycles. The first-order valence-electron chi connectivity index (χ1n) is 11.1. The van der Waals surface area contributed by atoms with E-state index in [1.807, 2.05) is 24.3 Å². The Kier molecular flexibility index (Phi) is 5.06. The van der Waals surface area contributed by atoms with Gasteiger partial charge < -0.3 is 10.1 Å². The number of carbonyl (C=O) groups excluding carboxylic acids is 1. The van der Waals surface area contributed by atoms with Gasteiger partial charge in [-0.15, -0.1) is 0 Å². The molecule has 0 aromatic heterocycles. The van der Waals surface area contributed by atoms with E-state index in [1.54, 1.807) is 7.11 Å². The molecule has 1 N–H and O–H groups in total. The quantitative estimate of drug-likeness (QED) is 0.849. The van der Waals surface area contributed by atoms with Crippen LogP contribution in [0, 0.1) is 23.7 Å². The summed E-state index contributed by atoms with van der Waals surface area (Å²) in [6.07, 6.45) is 7.48.